The van der Waals surface area contributed by atoms with E-state index in [-0.39, 0.29) is 5.69 Å². The number of hydrogen-bond acceptors (Lipinski definition) is 3. The van der Waals surface area contributed by atoms with Crippen molar-refractivity contribution in [2.24, 2.45) is 0 Å². The van der Waals surface area contributed by atoms with Crippen LogP contribution in [-0.2, 0) is 0 Å². The number of aryl methyl sites for hydroxylation is 1. The van der Waals surface area contributed by atoms with Gasteiger partial charge in [-0.05, 0) is 19.1 Å². The molecule has 60 valence electrons. The van der Waals surface area contributed by atoms with Gasteiger partial charge in [-0.2, -0.15) is 0 Å². The molecule has 0 spiro atoms. The Bertz CT molecular complexity index is 475. The lowest BCUT2D eigenvalue weighted by atomic mass is 10.3. The molecule has 0 fully saturated rings. The van der Waals surface area contributed by atoms with Crippen molar-refractivity contribution in [2.75, 3.05) is 0 Å². The molecule has 0 amide bonds. The summed E-state index contributed by atoms with van der Waals surface area (Å²) in [4.78, 5) is 21.1. The third-order valence-corrected chi connectivity index (χ3v) is 1.61. The monoisotopic (exact) mass is 161 g/mol. The number of rotatable bonds is 0. The maximum atomic E-state index is 10.8. The van der Waals surface area contributed by atoms with Crippen molar-refractivity contribution in [1.29, 1.82) is 0 Å². The molecule has 0 aromatic carbocycles. The summed E-state index contributed by atoms with van der Waals surface area (Å²) < 4.78 is 0. The molecule has 0 saturated carbocycles. The topological polar surface area (TPSA) is 58.6 Å². The summed E-state index contributed by atoms with van der Waals surface area (Å²) in [6.07, 6.45) is 1.51. The average molecular weight is 161 g/mol. The molecule has 0 aliphatic carbocycles. The summed E-state index contributed by atoms with van der Waals surface area (Å²) in [6, 6.07) is 3.75. The van der Waals surface area contributed by atoms with Crippen LogP contribution in [0.4, 0.5) is 0 Å². The summed E-state index contributed by atoms with van der Waals surface area (Å²) in [5, 5.41) is 0.847. The Kier molecular flexibility index (Phi) is 1.40. The van der Waals surface area contributed by atoms with Crippen molar-refractivity contribution in [3.63, 3.8) is 0 Å². The largest absolute Gasteiger partial charge is 0.346 e. The van der Waals surface area contributed by atoms with Gasteiger partial charge in [0.25, 0.3) is 0 Å². The summed E-state index contributed by atoms with van der Waals surface area (Å²) in [7, 11) is 0. The minimum Gasteiger partial charge on any atom is -0.290 e. The van der Waals surface area contributed by atoms with E-state index in [1.807, 2.05) is 19.1 Å². The van der Waals surface area contributed by atoms with Crippen LogP contribution in [-0.4, -0.2) is 15.0 Å². The first kappa shape index (κ1) is 6.97. The fourth-order valence-corrected chi connectivity index (χ4v) is 1.03. The zero-order valence-electron chi connectivity index (χ0n) is 6.53. The zero-order valence-corrected chi connectivity index (χ0v) is 6.53. The molecule has 1 N–H and O–H groups in total. The number of fused-ring (bicyclic) bond motifs is 1. The predicted molar refractivity (Wildman–Crippen MR) is 44.9 cm³/mol. The Morgan fingerprint density at radius 3 is 3.08 bits per heavy atom. The normalized spacial score (nSPS) is 10.4. The van der Waals surface area contributed by atoms with Gasteiger partial charge < -0.3 is 0 Å². The Balaban J connectivity index is 2.89. The third-order valence-electron chi connectivity index (χ3n) is 1.61. The Hall–Kier alpha value is -1.71. The molecule has 0 unspecified atom stereocenters. The van der Waals surface area contributed by atoms with Gasteiger partial charge in [0.15, 0.2) is 0 Å². The van der Waals surface area contributed by atoms with E-state index in [2.05, 4.69) is 15.0 Å². The molecular formula is C8H7N3O. The average Bonchev–Trinajstić information content (AvgIpc) is 2.03. The fraction of sp³-hybridized carbons (Fsp3) is 0.125. The second-order valence-corrected chi connectivity index (χ2v) is 2.58. The number of H-pyrrole nitrogens is 1. The van der Waals surface area contributed by atoms with E-state index in [0.717, 1.165) is 11.1 Å². The van der Waals surface area contributed by atoms with Gasteiger partial charge in [-0.1, -0.05) is 0 Å². The van der Waals surface area contributed by atoms with Crippen molar-refractivity contribution in [2.45, 2.75) is 6.92 Å². The van der Waals surface area contributed by atoms with Crippen LogP contribution in [0.1, 0.15) is 5.69 Å². The highest BCUT2D eigenvalue weighted by Gasteiger charge is 1.95. The van der Waals surface area contributed by atoms with Crippen LogP contribution >= 0.6 is 0 Å². The third kappa shape index (κ3) is 1.07. The highest BCUT2D eigenvalue weighted by atomic mass is 16.1. The molecule has 0 aliphatic rings. The summed E-state index contributed by atoms with van der Waals surface area (Å²) in [6.45, 7) is 1.87. The van der Waals surface area contributed by atoms with Crippen LogP contribution in [0.25, 0.3) is 11.0 Å². The molecule has 2 heterocycles. The highest BCUT2D eigenvalue weighted by molar-refractivity contribution is 5.72. The zero-order chi connectivity index (χ0) is 8.55. The molecule has 2 aromatic rings. The van der Waals surface area contributed by atoms with Crippen LogP contribution in [0.3, 0.4) is 0 Å². The van der Waals surface area contributed by atoms with Crippen LogP contribution in [0.2, 0.25) is 0 Å². The number of aromatic nitrogens is 3. The van der Waals surface area contributed by atoms with Crippen LogP contribution < -0.4 is 5.69 Å². The minimum absolute atomic E-state index is 0.361. The van der Waals surface area contributed by atoms with Crippen LogP contribution in [0.5, 0.6) is 0 Å². The molecule has 0 bridgehead atoms. The maximum Gasteiger partial charge on any atom is 0.346 e. The van der Waals surface area contributed by atoms with Crippen molar-refractivity contribution in [3.8, 4) is 0 Å². The predicted octanol–water partition coefficient (Wildman–Crippen LogP) is 0.627. The molecule has 4 heteroatoms. The number of aromatic amines is 1. The number of pyridine rings is 1. The van der Waals surface area contributed by atoms with Gasteiger partial charge in [0.1, 0.15) is 5.65 Å². The van der Waals surface area contributed by atoms with Crippen LogP contribution in [0, 0.1) is 6.92 Å². The van der Waals surface area contributed by atoms with Gasteiger partial charge in [-0.25, -0.2) is 14.8 Å². The smallest absolute Gasteiger partial charge is 0.290 e. The maximum absolute atomic E-state index is 10.8. The van der Waals surface area contributed by atoms with Gasteiger partial charge in [-0.15, -0.1) is 0 Å². The van der Waals surface area contributed by atoms with Crippen molar-refractivity contribution in [1.82, 2.24) is 15.0 Å². The number of nitrogens with one attached hydrogen (secondary N) is 1. The Morgan fingerprint density at radius 2 is 2.25 bits per heavy atom. The Morgan fingerprint density at radius 1 is 1.42 bits per heavy atom. The van der Waals surface area contributed by atoms with Gasteiger partial charge in [0.2, 0.25) is 0 Å². The molecule has 2 rings (SSSR count). The lowest BCUT2D eigenvalue weighted by Crippen LogP contribution is -2.09. The number of hydrogen-bond donors (Lipinski definition) is 1. The van der Waals surface area contributed by atoms with Crippen molar-refractivity contribution >= 4 is 11.0 Å². The molecule has 0 aliphatic heterocycles. The lowest BCUT2D eigenvalue weighted by molar-refractivity contribution is 1.08. The molecule has 0 radical (unpaired) electrons. The molecule has 0 saturated heterocycles. The van der Waals surface area contributed by atoms with Gasteiger partial charge in [-0.3, -0.25) is 4.98 Å². The summed E-state index contributed by atoms with van der Waals surface area (Å²) in [5.74, 6) is 0. The second-order valence-electron chi connectivity index (χ2n) is 2.58. The van der Waals surface area contributed by atoms with E-state index in [1.165, 1.54) is 6.20 Å². The van der Waals surface area contributed by atoms with Gasteiger partial charge in [0.05, 0.1) is 0 Å². The summed E-state index contributed by atoms with van der Waals surface area (Å²) in [5.41, 5.74) is 1.11. The molecule has 0 atom stereocenters. The van der Waals surface area contributed by atoms with Gasteiger partial charge >= 0.3 is 5.69 Å². The summed E-state index contributed by atoms with van der Waals surface area (Å²) >= 11 is 0. The SMILES string of the molecule is Cc1ccc2cnc(=O)[nH]c2n1. The molecule has 12 heavy (non-hydrogen) atoms. The first-order chi connectivity index (χ1) is 5.75. The quantitative estimate of drug-likeness (QED) is 0.616. The minimum atomic E-state index is -0.361. The lowest BCUT2D eigenvalue weighted by Gasteiger charge is -1.95. The van der Waals surface area contributed by atoms with Crippen molar-refractivity contribution < 1.29 is 0 Å². The van der Waals surface area contributed by atoms with Crippen molar-refractivity contribution in [3.05, 3.63) is 34.5 Å². The van der Waals surface area contributed by atoms with E-state index in [0.29, 0.717) is 5.65 Å². The van der Waals surface area contributed by atoms with E-state index in [1.54, 1.807) is 0 Å². The molecule has 2 aromatic heterocycles. The molecule has 4 nitrogen and oxygen atoms in total. The highest BCUT2D eigenvalue weighted by Crippen LogP contribution is 2.04. The van der Waals surface area contributed by atoms with E-state index in [4.69, 9.17) is 0 Å². The Labute approximate surface area is 68.3 Å². The van der Waals surface area contributed by atoms with Gasteiger partial charge in [0, 0.05) is 17.3 Å². The van der Waals surface area contributed by atoms with Crippen LogP contribution in [0.15, 0.2) is 23.1 Å². The fourth-order valence-electron chi connectivity index (χ4n) is 1.03. The van der Waals surface area contributed by atoms with E-state index >= 15 is 0 Å². The van der Waals surface area contributed by atoms with E-state index < -0.39 is 0 Å². The first-order valence-electron chi connectivity index (χ1n) is 3.58. The number of nitrogens with zero attached hydrogens (tertiary/aromatic N) is 2. The second kappa shape index (κ2) is 2.41. The standard InChI is InChI=1S/C8H7N3O/c1-5-2-3-6-4-9-8(12)11-7(6)10-5/h2-4H,1H3,(H,9,10,11,12). The molecular weight excluding hydrogens is 154 g/mol. The van der Waals surface area contributed by atoms with E-state index in [9.17, 15) is 4.79 Å². The first-order valence-corrected chi connectivity index (χ1v) is 3.58.